The van der Waals surface area contributed by atoms with Gasteiger partial charge in [-0.05, 0) is 52.4 Å². The van der Waals surface area contributed by atoms with Crippen molar-refractivity contribution < 1.29 is 0 Å². The van der Waals surface area contributed by atoms with Crippen LogP contribution in [0.15, 0.2) is 12.3 Å². The van der Waals surface area contributed by atoms with Crippen molar-refractivity contribution >= 4 is 5.69 Å². The highest BCUT2D eigenvalue weighted by Crippen LogP contribution is 2.28. The number of rotatable bonds is 4. The van der Waals surface area contributed by atoms with E-state index in [2.05, 4.69) is 33.1 Å². The molecule has 2 aliphatic heterocycles. The highest BCUT2D eigenvalue weighted by molar-refractivity contribution is 5.54. The summed E-state index contributed by atoms with van der Waals surface area (Å²) in [6.45, 7) is 7.95. The Bertz CT molecular complexity index is 468. The molecule has 2 fully saturated rings. The lowest BCUT2D eigenvalue weighted by atomic mass is 10.1. The lowest BCUT2D eigenvalue weighted by molar-refractivity contribution is 0.175. The van der Waals surface area contributed by atoms with Crippen molar-refractivity contribution in [1.29, 1.82) is 0 Å². The largest absolute Gasteiger partial charge is 0.370 e. The molecule has 21 heavy (non-hydrogen) atoms. The summed E-state index contributed by atoms with van der Waals surface area (Å²) >= 11 is 0. The van der Waals surface area contributed by atoms with Gasteiger partial charge in [-0.2, -0.15) is 0 Å². The van der Waals surface area contributed by atoms with Gasteiger partial charge in [-0.25, -0.2) is 0 Å². The maximum absolute atomic E-state index is 4.46. The normalized spacial score (nSPS) is 23.7. The lowest BCUT2D eigenvalue weighted by Gasteiger charge is -2.32. The van der Waals surface area contributed by atoms with Crippen molar-refractivity contribution in [1.82, 2.24) is 15.2 Å². The van der Waals surface area contributed by atoms with E-state index < -0.39 is 0 Å². The third-order valence-corrected chi connectivity index (χ3v) is 4.88. The van der Waals surface area contributed by atoms with Gasteiger partial charge >= 0.3 is 0 Å². The van der Waals surface area contributed by atoms with Crippen LogP contribution in [-0.2, 0) is 6.54 Å². The van der Waals surface area contributed by atoms with Gasteiger partial charge in [0.1, 0.15) is 0 Å². The third kappa shape index (κ3) is 3.38. The highest BCUT2D eigenvalue weighted by atomic mass is 15.3. The average Bonchev–Trinajstić information content (AvgIpc) is 3.00. The van der Waals surface area contributed by atoms with E-state index in [0.717, 1.165) is 18.3 Å². The first-order valence-corrected chi connectivity index (χ1v) is 8.37. The van der Waals surface area contributed by atoms with E-state index in [1.165, 1.54) is 63.1 Å². The van der Waals surface area contributed by atoms with Gasteiger partial charge in [0.05, 0.1) is 0 Å². The highest BCUT2D eigenvalue weighted by Gasteiger charge is 2.29. The number of pyridine rings is 1. The minimum Gasteiger partial charge on any atom is -0.370 e. The minimum absolute atomic E-state index is 0.751. The SMILES string of the molecule is CNCc1cnc(C)cc1N1CCC(N2CCCCC2)C1. The van der Waals surface area contributed by atoms with Crippen LogP contribution in [0.3, 0.4) is 0 Å². The molecule has 0 aliphatic carbocycles. The van der Waals surface area contributed by atoms with Crippen molar-refractivity contribution in [3.05, 3.63) is 23.5 Å². The van der Waals surface area contributed by atoms with E-state index in [-0.39, 0.29) is 0 Å². The van der Waals surface area contributed by atoms with Gasteiger partial charge in [0.2, 0.25) is 0 Å². The third-order valence-electron chi connectivity index (χ3n) is 4.88. The van der Waals surface area contributed by atoms with E-state index in [4.69, 9.17) is 0 Å². The smallest absolute Gasteiger partial charge is 0.0446 e. The molecule has 3 heterocycles. The number of nitrogens with zero attached hydrogens (tertiary/aromatic N) is 3. The van der Waals surface area contributed by atoms with Crippen molar-refractivity contribution in [3.8, 4) is 0 Å². The molecule has 1 unspecified atom stereocenters. The maximum atomic E-state index is 4.46. The van der Waals surface area contributed by atoms with Crippen LogP contribution in [0.4, 0.5) is 5.69 Å². The number of hydrogen-bond acceptors (Lipinski definition) is 4. The predicted molar refractivity (Wildman–Crippen MR) is 87.8 cm³/mol. The second-order valence-corrected chi connectivity index (χ2v) is 6.47. The second-order valence-electron chi connectivity index (χ2n) is 6.47. The maximum Gasteiger partial charge on any atom is 0.0446 e. The van der Waals surface area contributed by atoms with Crippen LogP contribution < -0.4 is 10.2 Å². The number of anilines is 1. The van der Waals surface area contributed by atoms with Gasteiger partial charge in [0.25, 0.3) is 0 Å². The fraction of sp³-hybridized carbons (Fsp3) is 0.706. The van der Waals surface area contributed by atoms with Crippen LogP contribution in [0.2, 0.25) is 0 Å². The van der Waals surface area contributed by atoms with Crippen LogP contribution in [-0.4, -0.2) is 49.2 Å². The molecule has 1 N–H and O–H groups in total. The Kier molecular flexibility index (Phi) is 4.76. The van der Waals surface area contributed by atoms with E-state index in [0.29, 0.717) is 0 Å². The Balaban J connectivity index is 1.71. The summed E-state index contributed by atoms with van der Waals surface area (Å²) in [7, 11) is 2.00. The summed E-state index contributed by atoms with van der Waals surface area (Å²) in [6, 6.07) is 3.01. The van der Waals surface area contributed by atoms with Gasteiger partial charge in [0, 0.05) is 48.8 Å². The molecule has 2 saturated heterocycles. The standard InChI is InChI=1S/C17H28N4/c1-14-10-17(15(11-18-2)12-19-14)21-9-6-16(13-21)20-7-4-3-5-8-20/h10,12,16,18H,3-9,11,13H2,1-2H3. The van der Waals surface area contributed by atoms with Crippen molar-refractivity contribution in [2.45, 2.75) is 45.2 Å². The number of likely N-dealkylation sites (tertiary alicyclic amines) is 1. The summed E-state index contributed by atoms with van der Waals surface area (Å²) in [5.41, 5.74) is 3.82. The Morgan fingerprint density at radius 3 is 2.81 bits per heavy atom. The Morgan fingerprint density at radius 1 is 1.24 bits per heavy atom. The first-order chi connectivity index (χ1) is 10.3. The molecule has 0 bridgehead atoms. The van der Waals surface area contributed by atoms with E-state index in [1.807, 2.05) is 13.2 Å². The molecule has 0 aromatic carbocycles. The molecule has 2 aliphatic rings. The van der Waals surface area contributed by atoms with E-state index in [1.54, 1.807) is 0 Å². The van der Waals surface area contributed by atoms with Crippen molar-refractivity contribution in [2.75, 3.05) is 38.1 Å². The van der Waals surface area contributed by atoms with Crippen LogP contribution in [0.1, 0.15) is 36.9 Å². The summed E-state index contributed by atoms with van der Waals surface area (Å²) in [4.78, 5) is 9.75. The summed E-state index contributed by atoms with van der Waals surface area (Å²) in [5.74, 6) is 0. The summed E-state index contributed by atoms with van der Waals surface area (Å²) < 4.78 is 0. The van der Waals surface area contributed by atoms with Crippen LogP contribution in [0, 0.1) is 6.92 Å². The molecule has 3 rings (SSSR count). The average molecular weight is 288 g/mol. The van der Waals surface area contributed by atoms with Crippen LogP contribution in [0.25, 0.3) is 0 Å². The molecular formula is C17H28N4. The summed E-state index contributed by atoms with van der Waals surface area (Å²) in [5, 5.41) is 3.26. The molecule has 116 valence electrons. The number of hydrogen-bond donors (Lipinski definition) is 1. The zero-order chi connectivity index (χ0) is 14.7. The Labute approximate surface area is 128 Å². The van der Waals surface area contributed by atoms with Gasteiger partial charge in [0.15, 0.2) is 0 Å². The Hall–Kier alpha value is -1.13. The quantitative estimate of drug-likeness (QED) is 0.920. The van der Waals surface area contributed by atoms with Crippen LogP contribution in [0.5, 0.6) is 0 Å². The number of nitrogens with one attached hydrogen (secondary N) is 1. The fourth-order valence-corrected chi connectivity index (χ4v) is 3.74. The van der Waals surface area contributed by atoms with E-state index >= 15 is 0 Å². The molecule has 1 aromatic heterocycles. The molecule has 4 nitrogen and oxygen atoms in total. The number of piperidine rings is 1. The molecule has 0 radical (unpaired) electrons. The zero-order valence-corrected chi connectivity index (χ0v) is 13.4. The first-order valence-electron chi connectivity index (χ1n) is 8.37. The molecule has 4 heteroatoms. The molecule has 1 aromatic rings. The molecule has 1 atom stereocenters. The molecule has 0 spiro atoms. The number of aromatic nitrogens is 1. The van der Waals surface area contributed by atoms with Gasteiger partial charge < -0.3 is 10.2 Å². The topological polar surface area (TPSA) is 31.4 Å². The second kappa shape index (κ2) is 6.75. The predicted octanol–water partition coefficient (Wildman–Crippen LogP) is 2.17. The molecule has 0 amide bonds. The van der Waals surface area contributed by atoms with Crippen LogP contribution >= 0.6 is 0 Å². The molecule has 0 saturated carbocycles. The van der Waals surface area contributed by atoms with E-state index in [9.17, 15) is 0 Å². The lowest BCUT2D eigenvalue weighted by Crippen LogP contribution is -2.41. The van der Waals surface area contributed by atoms with Crippen molar-refractivity contribution in [2.24, 2.45) is 0 Å². The van der Waals surface area contributed by atoms with Gasteiger partial charge in [-0.3, -0.25) is 9.88 Å². The zero-order valence-electron chi connectivity index (χ0n) is 13.4. The minimum atomic E-state index is 0.751. The fourth-order valence-electron chi connectivity index (χ4n) is 3.74. The molecular weight excluding hydrogens is 260 g/mol. The Morgan fingerprint density at radius 2 is 2.05 bits per heavy atom. The monoisotopic (exact) mass is 288 g/mol. The number of aryl methyl sites for hydroxylation is 1. The van der Waals surface area contributed by atoms with Gasteiger partial charge in [-0.1, -0.05) is 6.42 Å². The first kappa shape index (κ1) is 14.8. The van der Waals surface area contributed by atoms with Gasteiger partial charge in [-0.15, -0.1) is 0 Å². The summed E-state index contributed by atoms with van der Waals surface area (Å²) in [6.07, 6.45) is 7.53. The van der Waals surface area contributed by atoms with Crippen molar-refractivity contribution in [3.63, 3.8) is 0 Å².